The van der Waals surface area contributed by atoms with Gasteiger partial charge in [-0.1, -0.05) is 26.7 Å². The average Bonchev–Trinajstić information content (AvgIpc) is 2.43. The van der Waals surface area contributed by atoms with E-state index in [1.54, 1.807) is 12.3 Å². The van der Waals surface area contributed by atoms with Crippen molar-refractivity contribution in [2.45, 2.75) is 71.9 Å². The summed E-state index contributed by atoms with van der Waals surface area (Å²) in [5, 5.41) is 6.10. The van der Waals surface area contributed by atoms with Crippen LogP contribution < -0.4 is 10.6 Å². The first-order valence-electron chi connectivity index (χ1n) is 8.06. The second-order valence-electron chi connectivity index (χ2n) is 6.45. The number of amides is 1. The number of carbonyl (C=O) groups is 1. The van der Waals surface area contributed by atoms with E-state index in [-0.39, 0.29) is 0 Å². The van der Waals surface area contributed by atoms with Gasteiger partial charge in [0, 0.05) is 6.04 Å². The van der Waals surface area contributed by atoms with E-state index in [4.69, 9.17) is 4.74 Å². The van der Waals surface area contributed by atoms with Gasteiger partial charge in [-0.25, -0.2) is 9.78 Å². The van der Waals surface area contributed by atoms with Crippen LogP contribution in [-0.2, 0) is 4.74 Å². The molecule has 0 bridgehead atoms. The molecule has 1 atom stereocenters. The van der Waals surface area contributed by atoms with Crippen molar-refractivity contribution in [1.29, 1.82) is 0 Å². The van der Waals surface area contributed by atoms with Gasteiger partial charge in [0.25, 0.3) is 0 Å². The van der Waals surface area contributed by atoms with Gasteiger partial charge in [-0.15, -0.1) is 0 Å². The van der Waals surface area contributed by atoms with Crippen molar-refractivity contribution in [2.24, 2.45) is 0 Å². The minimum Gasteiger partial charge on any atom is -0.444 e. The number of aromatic nitrogens is 1. The van der Waals surface area contributed by atoms with E-state index in [0.29, 0.717) is 11.9 Å². The first-order chi connectivity index (χ1) is 10.3. The largest absolute Gasteiger partial charge is 0.444 e. The maximum atomic E-state index is 11.7. The number of unbranched alkanes of at least 4 members (excludes halogenated alkanes) is 1. The first kappa shape index (κ1) is 18.3. The predicted molar refractivity (Wildman–Crippen MR) is 91.3 cm³/mol. The molecule has 0 aliphatic heterocycles. The summed E-state index contributed by atoms with van der Waals surface area (Å²) >= 11 is 0. The lowest BCUT2D eigenvalue weighted by molar-refractivity contribution is 0.0635. The van der Waals surface area contributed by atoms with Gasteiger partial charge in [0.2, 0.25) is 0 Å². The van der Waals surface area contributed by atoms with Crippen molar-refractivity contribution in [2.75, 3.05) is 10.6 Å². The molecule has 124 valence electrons. The highest BCUT2D eigenvalue weighted by Gasteiger charge is 2.16. The molecular formula is C17H29N3O2. The molecule has 1 rings (SSSR count). The second-order valence-corrected chi connectivity index (χ2v) is 6.45. The van der Waals surface area contributed by atoms with Crippen LogP contribution >= 0.6 is 0 Å². The minimum absolute atomic E-state index is 0.464. The Morgan fingerprint density at radius 2 is 2.05 bits per heavy atom. The normalized spacial score (nSPS) is 12.6. The average molecular weight is 307 g/mol. The Balaban J connectivity index is 2.53. The molecule has 2 N–H and O–H groups in total. The summed E-state index contributed by atoms with van der Waals surface area (Å²) in [5.74, 6) is 0.487. The number of rotatable bonds is 7. The lowest BCUT2D eigenvalue weighted by Gasteiger charge is -2.20. The molecule has 5 heteroatoms. The minimum atomic E-state index is -0.515. The van der Waals surface area contributed by atoms with E-state index in [1.165, 1.54) is 12.8 Å². The van der Waals surface area contributed by atoms with Crippen LogP contribution in [0.1, 0.15) is 60.3 Å². The van der Waals surface area contributed by atoms with Gasteiger partial charge in [0.1, 0.15) is 11.4 Å². The number of ether oxygens (including phenoxy) is 1. The highest BCUT2D eigenvalue weighted by atomic mass is 16.6. The molecule has 1 aromatic rings. The van der Waals surface area contributed by atoms with E-state index in [9.17, 15) is 4.79 Å². The fraction of sp³-hybridized carbons (Fsp3) is 0.647. The van der Waals surface area contributed by atoms with E-state index < -0.39 is 11.7 Å². The summed E-state index contributed by atoms with van der Waals surface area (Å²) in [5.41, 5.74) is 0.455. The summed E-state index contributed by atoms with van der Waals surface area (Å²) in [6.45, 7) is 9.86. The molecule has 1 aromatic heterocycles. The zero-order chi connectivity index (χ0) is 16.6. The van der Waals surface area contributed by atoms with E-state index in [0.717, 1.165) is 18.5 Å². The lowest BCUT2D eigenvalue weighted by Crippen LogP contribution is -2.27. The molecule has 22 heavy (non-hydrogen) atoms. The van der Waals surface area contributed by atoms with Crippen molar-refractivity contribution in [3.8, 4) is 0 Å². The Bertz CT molecular complexity index is 452. The summed E-state index contributed by atoms with van der Waals surface area (Å²) in [6, 6.07) is 4.17. The van der Waals surface area contributed by atoms with Crippen LogP contribution in [-0.4, -0.2) is 22.7 Å². The number of nitrogens with one attached hydrogen (secondary N) is 2. The zero-order valence-corrected chi connectivity index (χ0v) is 14.4. The standard InChI is InChI=1S/C17H29N3O2/c1-6-8-9-13(7-2)19-14-10-11-15(18-12-14)20-16(21)22-17(3,4)5/h10-13,19H,6-9H2,1-5H3,(H,18,20,21). The second kappa shape index (κ2) is 8.61. The first-order valence-corrected chi connectivity index (χ1v) is 8.06. The Morgan fingerprint density at radius 3 is 2.55 bits per heavy atom. The summed E-state index contributed by atoms with van der Waals surface area (Å²) in [6.07, 6.45) is 5.91. The van der Waals surface area contributed by atoms with Gasteiger partial charge in [-0.2, -0.15) is 0 Å². The number of pyridine rings is 1. The molecule has 0 saturated carbocycles. The molecule has 0 aromatic carbocycles. The molecular weight excluding hydrogens is 278 g/mol. The Labute approximate surface area is 133 Å². The monoisotopic (exact) mass is 307 g/mol. The van der Waals surface area contributed by atoms with Crippen LogP contribution in [0.4, 0.5) is 16.3 Å². The van der Waals surface area contributed by atoms with Crippen LogP contribution in [0.2, 0.25) is 0 Å². The molecule has 1 heterocycles. The SMILES string of the molecule is CCCCC(CC)Nc1ccc(NC(=O)OC(C)(C)C)nc1. The highest BCUT2D eigenvalue weighted by molar-refractivity contribution is 5.83. The Morgan fingerprint density at radius 1 is 1.32 bits per heavy atom. The third-order valence-corrected chi connectivity index (χ3v) is 3.16. The maximum absolute atomic E-state index is 11.7. The van der Waals surface area contributed by atoms with Crippen LogP contribution in [0, 0.1) is 0 Å². The molecule has 0 radical (unpaired) electrons. The maximum Gasteiger partial charge on any atom is 0.413 e. The molecule has 1 unspecified atom stereocenters. The fourth-order valence-electron chi connectivity index (χ4n) is 2.03. The molecule has 5 nitrogen and oxygen atoms in total. The summed E-state index contributed by atoms with van der Waals surface area (Å²) in [7, 11) is 0. The number of hydrogen-bond donors (Lipinski definition) is 2. The lowest BCUT2D eigenvalue weighted by atomic mass is 10.1. The number of anilines is 2. The third-order valence-electron chi connectivity index (χ3n) is 3.16. The highest BCUT2D eigenvalue weighted by Crippen LogP contribution is 2.15. The Hall–Kier alpha value is -1.78. The van der Waals surface area contributed by atoms with Gasteiger partial charge < -0.3 is 10.1 Å². The number of carbonyl (C=O) groups excluding carboxylic acids is 1. The van der Waals surface area contributed by atoms with Crippen LogP contribution in [0.5, 0.6) is 0 Å². The zero-order valence-electron chi connectivity index (χ0n) is 14.4. The number of nitrogens with zero attached hydrogens (tertiary/aromatic N) is 1. The van der Waals surface area contributed by atoms with Gasteiger partial charge in [-0.05, 0) is 45.7 Å². The van der Waals surface area contributed by atoms with Crippen molar-refractivity contribution in [3.63, 3.8) is 0 Å². The van der Waals surface area contributed by atoms with E-state index >= 15 is 0 Å². The van der Waals surface area contributed by atoms with E-state index in [2.05, 4.69) is 29.5 Å². The smallest absolute Gasteiger partial charge is 0.413 e. The van der Waals surface area contributed by atoms with Gasteiger partial charge in [0.05, 0.1) is 11.9 Å². The van der Waals surface area contributed by atoms with Crippen molar-refractivity contribution >= 4 is 17.6 Å². The molecule has 0 saturated heterocycles. The van der Waals surface area contributed by atoms with Crippen molar-refractivity contribution < 1.29 is 9.53 Å². The van der Waals surface area contributed by atoms with Gasteiger partial charge in [-0.3, -0.25) is 5.32 Å². The van der Waals surface area contributed by atoms with Crippen LogP contribution in [0.15, 0.2) is 18.3 Å². The summed E-state index contributed by atoms with van der Waals surface area (Å²) in [4.78, 5) is 15.9. The molecule has 0 fully saturated rings. The van der Waals surface area contributed by atoms with Gasteiger partial charge >= 0.3 is 6.09 Å². The number of hydrogen-bond acceptors (Lipinski definition) is 4. The van der Waals surface area contributed by atoms with Crippen molar-refractivity contribution in [1.82, 2.24) is 4.98 Å². The molecule has 0 aliphatic rings. The van der Waals surface area contributed by atoms with Crippen LogP contribution in [0.3, 0.4) is 0 Å². The van der Waals surface area contributed by atoms with Gasteiger partial charge in [0.15, 0.2) is 0 Å². The molecule has 0 aliphatic carbocycles. The predicted octanol–water partition coefficient (Wildman–Crippen LogP) is 4.81. The molecule has 0 spiro atoms. The summed E-state index contributed by atoms with van der Waals surface area (Å²) < 4.78 is 5.19. The topological polar surface area (TPSA) is 63.2 Å². The molecule has 1 amide bonds. The van der Waals surface area contributed by atoms with Crippen LogP contribution in [0.25, 0.3) is 0 Å². The quantitative estimate of drug-likeness (QED) is 0.759. The van der Waals surface area contributed by atoms with Crippen molar-refractivity contribution in [3.05, 3.63) is 18.3 Å². The van der Waals surface area contributed by atoms with E-state index in [1.807, 2.05) is 26.8 Å². The third kappa shape index (κ3) is 7.29. The Kier molecular flexibility index (Phi) is 7.15. The fourth-order valence-corrected chi connectivity index (χ4v) is 2.03.